The van der Waals surface area contributed by atoms with Gasteiger partial charge in [-0.25, -0.2) is 4.68 Å². The molecule has 0 unspecified atom stereocenters. The van der Waals surface area contributed by atoms with Crippen molar-refractivity contribution in [1.29, 1.82) is 0 Å². The minimum absolute atomic E-state index is 0.0253. The number of ether oxygens (including phenoxy) is 1. The van der Waals surface area contributed by atoms with Crippen LogP contribution in [0, 0.1) is 0 Å². The molecule has 0 spiro atoms. The average Bonchev–Trinajstić information content (AvgIpc) is 2.43. The molecule has 1 aromatic carbocycles. The van der Waals surface area contributed by atoms with Gasteiger partial charge in [0.25, 0.3) is 5.56 Å². The van der Waals surface area contributed by atoms with Crippen molar-refractivity contribution in [3.63, 3.8) is 0 Å². The summed E-state index contributed by atoms with van der Waals surface area (Å²) in [5, 5.41) is 4.01. The zero-order valence-corrected chi connectivity index (χ0v) is 11.5. The maximum Gasteiger partial charge on any atom is 0.267 e. The van der Waals surface area contributed by atoms with Crippen molar-refractivity contribution in [3.05, 3.63) is 58.0 Å². The Morgan fingerprint density at radius 2 is 2.15 bits per heavy atom. The maximum absolute atomic E-state index is 11.7. The number of ketones is 1. The standard InChI is InChI=1S/C15H16N2O3/c1-3-20-14-7-6-12(11(2)18)9-13(14)10-17-15(19)5-4-8-16-17/h4-9H,3,10H2,1-2H3. The molecule has 5 heteroatoms. The van der Waals surface area contributed by atoms with E-state index in [0.29, 0.717) is 17.9 Å². The molecule has 0 fully saturated rings. The van der Waals surface area contributed by atoms with E-state index in [2.05, 4.69) is 5.10 Å². The molecular weight excluding hydrogens is 256 g/mol. The summed E-state index contributed by atoms with van der Waals surface area (Å²) in [5.41, 5.74) is 1.16. The molecule has 0 atom stereocenters. The monoisotopic (exact) mass is 272 g/mol. The Hall–Kier alpha value is -2.43. The summed E-state index contributed by atoms with van der Waals surface area (Å²) in [4.78, 5) is 23.2. The number of Topliss-reactive ketones (excluding diaryl/α,β-unsaturated/α-hetero) is 1. The molecule has 20 heavy (non-hydrogen) atoms. The molecule has 0 bridgehead atoms. The molecule has 1 heterocycles. The molecular formula is C15H16N2O3. The fourth-order valence-electron chi connectivity index (χ4n) is 1.89. The lowest BCUT2D eigenvalue weighted by Gasteiger charge is -2.12. The summed E-state index contributed by atoms with van der Waals surface area (Å²) in [6.45, 7) is 4.18. The zero-order valence-electron chi connectivity index (χ0n) is 11.5. The number of hydrogen-bond donors (Lipinski definition) is 0. The molecule has 2 rings (SSSR count). The van der Waals surface area contributed by atoms with Crippen LogP contribution in [0.15, 0.2) is 41.3 Å². The maximum atomic E-state index is 11.7. The highest BCUT2D eigenvalue weighted by Crippen LogP contribution is 2.21. The lowest BCUT2D eigenvalue weighted by molar-refractivity contribution is 0.101. The van der Waals surface area contributed by atoms with Gasteiger partial charge in [-0.15, -0.1) is 0 Å². The fourth-order valence-corrected chi connectivity index (χ4v) is 1.89. The Kier molecular flexibility index (Phi) is 4.30. The molecule has 5 nitrogen and oxygen atoms in total. The molecule has 0 aliphatic rings. The SMILES string of the molecule is CCOc1ccc(C(C)=O)cc1Cn1ncccc1=O. The predicted octanol–water partition coefficient (Wildman–Crippen LogP) is 1.89. The van der Waals surface area contributed by atoms with Crippen LogP contribution >= 0.6 is 0 Å². The number of carbonyl (C=O) groups is 1. The van der Waals surface area contributed by atoms with Crippen LogP contribution in [0.1, 0.15) is 29.8 Å². The topological polar surface area (TPSA) is 61.2 Å². The largest absolute Gasteiger partial charge is 0.494 e. The van der Waals surface area contributed by atoms with Crippen molar-refractivity contribution in [2.24, 2.45) is 0 Å². The third kappa shape index (κ3) is 3.12. The number of carbonyl (C=O) groups excluding carboxylic acids is 1. The Bertz CT molecular complexity index is 677. The van der Waals surface area contributed by atoms with Crippen molar-refractivity contribution in [2.75, 3.05) is 6.61 Å². The first-order valence-electron chi connectivity index (χ1n) is 6.40. The molecule has 1 aromatic heterocycles. The first-order chi connectivity index (χ1) is 9.61. The van der Waals surface area contributed by atoms with Gasteiger partial charge in [0.15, 0.2) is 5.78 Å². The number of rotatable bonds is 5. The predicted molar refractivity (Wildman–Crippen MR) is 75.2 cm³/mol. The lowest BCUT2D eigenvalue weighted by Crippen LogP contribution is -2.22. The van der Waals surface area contributed by atoms with Gasteiger partial charge in [-0.2, -0.15) is 5.10 Å². The number of hydrogen-bond acceptors (Lipinski definition) is 4. The van der Waals surface area contributed by atoms with Gasteiger partial charge in [-0.3, -0.25) is 9.59 Å². The molecule has 0 N–H and O–H groups in total. The first kappa shape index (κ1) is 14.0. The van der Waals surface area contributed by atoms with E-state index in [0.717, 1.165) is 5.56 Å². The van der Waals surface area contributed by atoms with E-state index in [1.807, 2.05) is 6.92 Å². The fraction of sp³-hybridized carbons (Fsp3) is 0.267. The quantitative estimate of drug-likeness (QED) is 0.780. The second-order valence-corrected chi connectivity index (χ2v) is 4.33. The van der Waals surface area contributed by atoms with Crippen LogP contribution in [-0.4, -0.2) is 22.2 Å². The van der Waals surface area contributed by atoms with Gasteiger partial charge >= 0.3 is 0 Å². The molecule has 2 aromatic rings. The van der Waals surface area contributed by atoms with E-state index in [1.165, 1.54) is 17.7 Å². The second kappa shape index (κ2) is 6.14. The van der Waals surface area contributed by atoms with Gasteiger partial charge in [0.05, 0.1) is 13.2 Å². The van der Waals surface area contributed by atoms with Crippen molar-refractivity contribution in [2.45, 2.75) is 20.4 Å². The summed E-state index contributed by atoms with van der Waals surface area (Å²) in [6, 6.07) is 8.26. The molecule has 0 aliphatic heterocycles. The third-order valence-electron chi connectivity index (χ3n) is 2.87. The van der Waals surface area contributed by atoms with Gasteiger partial charge in [0.2, 0.25) is 0 Å². The van der Waals surface area contributed by atoms with Crippen LogP contribution in [0.4, 0.5) is 0 Å². The van der Waals surface area contributed by atoms with E-state index in [9.17, 15) is 9.59 Å². The summed E-state index contributed by atoms with van der Waals surface area (Å²) < 4.78 is 6.86. The van der Waals surface area contributed by atoms with Crippen LogP contribution in [0.5, 0.6) is 5.75 Å². The van der Waals surface area contributed by atoms with Crippen LogP contribution < -0.4 is 10.3 Å². The van der Waals surface area contributed by atoms with Gasteiger partial charge in [0.1, 0.15) is 5.75 Å². The average molecular weight is 272 g/mol. The lowest BCUT2D eigenvalue weighted by atomic mass is 10.1. The van der Waals surface area contributed by atoms with Crippen molar-refractivity contribution in [3.8, 4) is 5.75 Å². The van der Waals surface area contributed by atoms with E-state index >= 15 is 0 Å². The highest BCUT2D eigenvalue weighted by atomic mass is 16.5. The molecule has 104 valence electrons. The summed E-state index contributed by atoms with van der Waals surface area (Å²) in [6.07, 6.45) is 1.55. The van der Waals surface area contributed by atoms with Gasteiger partial charge in [-0.05, 0) is 38.1 Å². The zero-order chi connectivity index (χ0) is 14.5. The van der Waals surface area contributed by atoms with Crippen molar-refractivity contribution in [1.82, 2.24) is 9.78 Å². The van der Waals surface area contributed by atoms with Gasteiger partial charge in [0, 0.05) is 23.4 Å². The van der Waals surface area contributed by atoms with Gasteiger partial charge in [-0.1, -0.05) is 0 Å². The number of aromatic nitrogens is 2. The van der Waals surface area contributed by atoms with E-state index < -0.39 is 0 Å². The number of benzene rings is 1. The molecule has 0 aliphatic carbocycles. The second-order valence-electron chi connectivity index (χ2n) is 4.33. The van der Waals surface area contributed by atoms with Crippen LogP contribution in [0.2, 0.25) is 0 Å². The van der Waals surface area contributed by atoms with Crippen LogP contribution in [-0.2, 0) is 6.54 Å². The number of nitrogens with zero attached hydrogens (tertiary/aromatic N) is 2. The van der Waals surface area contributed by atoms with Crippen LogP contribution in [0.25, 0.3) is 0 Å². The van der Waals surface area contributed by atoms with Crippen molar-refractivity contribution >= 4 is 5.78 Å². The summed E-state index contributed by atoms with van der Waals surface area (Å²) in [5.74, 6) is 0.637. The Morgan fingerprint density at radius 3 is 2.80 bits per heavy atom. The normalized spacial score (nSPS) is 10.3. The molecule has 0 amide bonds. The Balaban J connectivity index is 2.42. The highest BCUT2D eigenvalue weighted by molar-refractivity contribution is 5.94. The first-order valence-corrected chi connectivity index (χ1v) is 6.40. The highest BCUT2D eigenvalue weighted by Gasteiger charge is 2.09. The third-order valence-corrected chi connectivity index (χ3v) is 2.87. The van der Waals surface area contributed by atoms with Crippen LogP contribution in [0.3, 0.4) is 0 Å². The Labute approximate surface area is 116 Å². The summed E-state index contributed by atoms with van der Waals surface area (Å²) >= 11 is 0. The Morgan fingerprint density at radius 1 is 1.35 bits per heavy atom. The minimum atomic E-state index is -0.192. The van der Waals surface area contributed by atoms with Crippen molar-refractivity contribution < 1.29 is 9.53 Å². The summed E-state index contributed by atoms with van der Waals surface area (Å²) in [7, 11) is 0. The molecule has 0 saturated heterocycles. The van der Waals surface area contributed by atoms with Gasteiger partial charge < -0.3 is 4.74 Å². The van der Waals surface area contributed by atoms with E-state index in [1.54, 1.807) is 30.5 Å². The smallest absolute Gasteiger partial charge is 0.267 e. The minimum Gasteiger partial charge on any atom is -0.494 e. The molecule has 0 saturated carbocycles. The van der Waals surface area contributed by atoms with E-state index in [-0.39, 0.29) is 17.9 Å². The van der Waals surface area contributed by atoms with E-state index in [4.69, 9.17) is 4.74 Å². The molecule has 0 radical (unpaired) electrons.